The molecule has 0 radical (unpaired) electrons. The van der Waals surface area contributed by atoms with E-state index < -0.39 is 0 Å². The van der Waals surface area contributed by atoms with Gasteiger partial charge in [0.05, 0.1) is 0 Å². The highest BCUT2D eigenvalue weighted by Crippen LogP contribution is 2.23. The van der Waals surface area contributed by atoms with Crippen LogP contribution in [0.15, 0.2) is 84.9 Å². The lowest BCUT2D eigenvalue weighted by Gasteiger charge is -2.13. The Morgan fingerprint density at radius 1 is 0.224 bits per heavy atom. The van der Waals surface area contributed by atoms with E-state index in [1.807, 2.05) is 161 Å². The molecule has 2 aliphatic carbocycles. The van der Waals surface area contributed by atoms with Crippen molar-refractivity contribution in [2.45, 2.75) is 0 Å². The van der Waals surface area contributed by atoms with Crippen LogP contribution >= 0.6 is 0 Å². The highest BCUT2D eigenvalue weighted by atomic mass is 15.1. The average molecular weight is 743 g/mol. The molecule has 0 fully saturated rings. The van der Waals surface area contributed by atoms with Crippen LogP contribution in [0.3, 0.4) is 0 Å². The number of fused-ring (bicyclic) bond motifs is 10. The summed E-state index contributed by atoms with van der Waals surface area (Å²) < 4.78 is 0. The topological polar surface area (TPSA) is 13.0 Å². The van der Waals surface area contributed by atoms with Crippen molar-refractivity contribution < 1.29 is 0 Å². The van der Waals surface area contributed by atoms with Crippen LogP contribution in [0.4, 0.5) is 22.7 Å². The minimum absolute atomic E-state index is 0.716. The molecular weight excluding hydrogens is 705 g/mol. The fourth-order valence-corrected chi connectivity index (χ4v) is 6.04. The quantitative estimate of drug-likeness (QED) is 0.184. The highest BCUT2D eigenvalue weighted by molar-refractivity contribution is 5.70. The lowest BCUT2D eigenvalue weighted by Crippen LogP contribution is -2.08. The minimum atomic E-state index is 0.716. The van der Waals surface area contributed by atoms with Gasteiger partial charge >= 0.3 is 0 Å². The lowest BCUT2D eigenvalue weighted by atomic mass is 9.96. The molecule has 5 aromatic carbocycles. The molecule has 0 heterocycles. The fourth-order valence-electron chi connectivity index (χ4n) is 6.04. The number of nitrogens with zero attached hydrogens (tertiary/aromatic N) is 4. The summed E-state index contributed by atoms with van der Waals surface area (Å²) >= 11 is 0. The van der Waals surface area contributed by atoms with Gasteiger partial charge in [-0.1, -0.05) is 71.0 Å². The molecule has 2 aliphatic rings. The van der Waals surface area contributed by atoms with E-state index in [9.17, 15) is 0 Å². The zero-order valence-electron chi connectivity index (χ0n) is 33.9. The normalized spacial score (nSPS) is 10.8. The molecule has 4 nitrogen and oxygen atoms in total. The summed E-state index contributed by atoms with van der Waals surface area (Å²) in [6.07, 6.45) is 0. The Hall–Kier alpha value is -8.22. The number of hydrogen-bond acceptors (Lipinski definition) is 4. The number of benzene rings is 5. The van der Waals surface area contributed by atoms with E-state index in [4.69, 9.17) is 0 Å². The van der Waals surface area contributed by atoms with Gasteiger partial charge in [-0.2, -0.15) is 0 Å². The third-order valence-electron chi connectivity index (χ3n) is 9.48. The van der Waals surface area contributed by atoms with Gasteiger partial charge in [-0.25, -0.2) is 0 Å². The van der Waals surface area contributed by atoms with Crippen molar-refractivity contribution in [1.82, 2.24) is 0 Å². The maximum Gasteiger partial charge on any atom is 0.0432 e. The molecule has 0 N–H and O–H groups in total. The Morgan fingerprint density at radius 2 is 0.414 bits per heavy atom. The van der Waals surface area contributed by atoms with Crippen molar-refractivity contribution in [2.24, 2.45) is 0 Å². The second kappa shape index (κ2) is 16.7. The molecule has 7 rings (SSSR count). The Kier molecular flexibility index (Phi) is 10.9. The van der Waals surface area contributed by atoms with Crippen molar-refractivity contribution in [2.75, 3.05) is 76.0 Å². The van der Waals surface area contributed by atoms with E-state index in [1.165, 1.54) is 0 Å². The number of hydrogen-bond donors (Lipinski definition) is 0. The first-order valence-electron chi connectivity index (χ1n) is 18.6. The van der Waals surface area contributed by atoms with E-state index in [2.05, 4.69) is 94.7 Å². The van der Waals surface area contributed by atoms with E-state index in [0.29, 0.717) is 22.3 Å². The van der Waals surface area contributed by atoms with Gasteiger partial charge in [0.25, 0.3) is 0 Å². The smallest absolute Gasteiger partial charge is 0.0432 e. The molecule has 274 valence electrons. The molecule has 0 amide bonds. The summed E-state index contributed by atoms with van der Waals surface area (Å²) in [5, 5.41) is 0. The van der Waals surface area contributed by atoms with Crippen LogP contribution < -0.4 is 19.6 Å². The molecule has 0 saturated carbocycles. The summed E-state index contributed by atoms with van der Waals surface area (Å²) in [5.41, 5.74) is 13.2. The first-order valence-corrected chi connectivity index (χ1v) is 18.6. The summed E-state index contributed by atoms with van der Waals surface area (Å²) in [5.74, 6) is 52.9. The predicted molar refractivity (Wildman–Crippen MR) is 241 cm³/mol. The molecule has 0 aromatic heterocycles. The molecule has 0 spiro atoms. The van der Waals surface area contributed by atoms with Crippen LogP contribution in [0, 0.1) is 94.7 Å². The molecule has 0 aliphatic heterocycles. The van der Waals surface area contributed by atoms with Crippen LogP contribution in [0.5, 0.6) is 0 Å². The minimum Gasteiger partial charge on any atom is -0.378 e. The monoisotopic (exact) mass is 742 g/mol. The lowest BCUT2D eigenvalue weighted by molar-refractivity contribution is 1.13. The van der Waals surface area contributed by atoms with Gasteiger partial charge in [0, 0.05) is 146 Å². The van der Waals surface area contributed by atoms with Crippen molar-refractivity contribution in [3.63, 3.8) is 0 Å². The molecule has 0 atom stereocenters. The first-order chi connectivity index (χ1) is 28.0. The number of anilines is 4. The molecule has 58 heavy (non-hydrogen) atoms. The fraction of sp³-hybridized carbons (Fsp3) is 0.148. The Morgan fingerprint density at radius 3 is 0.621 bits per heavy atom. The Balaban J connectivity index is 1.55. The van der Waals surface area contributed by atoms with Gasteiger partial charge in [-0.05, 0) is 109 Å². The largest absolute Gasteiger partial charge is 0.378 e. The first kappa shape index (κ1) is 38.1. The average Bonchev–Trinajstić information content (AvgIpc) is 3.21. The molecular formula is C54H38N4. The van der Waals surface area contributed by atoms with Crippen molar-refractivity contribution in [3.8, 4) is 94.7 Å². The predicted octanol–water partition coefficient (Wildman–Crippen LogP) is 6.98. The van der Waals surface area contributed by atoms with Crippen molar-refractivity contribution in [1.29, 1.82) is 0 Å². The van der Waals surface area contributed by atoms with Crippen molar-refractivity contribution >= 4 is 22.7 Å². The number of rotatable bonds is 4. The van der Waals surface area contributed by atoms with Crippen LogP contribution in [-0.2, 0) is 0 Å². The van der Waals surface area contributed by atoms with Crippen LogP contribution in [0.2, 0.25) is 0 Å². The summed E-state index contributed by atoms with van der Waals surface area (Å²) in [4.78, 5) is 8.18. The summed E-state index contributed by atoms with van der Waals surface area (Å²) in [6, 6.07) is 28.3. The molecule has 5 aromatic rings. The Bertz CT molecular complexity index is 2650. The van der Waals surface area contributed by atoms with Gasteiger partial charge in [0.15, 0.2) is 0 Å². The molecule has 4 heteroatoms. The van der Waals surface area contributed by atoms with Gasteiger partial charge in [-0.3, -0.25) is 0 Å². The van der Waals surface area contributed by atoms with E-state index in [0.717, 1.165) is 67.3 Å². The van der Waals surface area contributed by atoms with Gasteiger partial charge in [-0.15, -0.1) is 0 Å². The van der Waals surface area contributed by atoms with E-state index >= 15 is 0 Å². The van der Waals surface area contributed by atoms with Gasteiger partial charge in [0.1, 0.15) is 0 Å². The second-order valence-corrected chi connectivity index (χ2v) is 14.4. The summed E-state index contributed by atoms with van der Waals surface area (Å²) in [7, 11) is 16.0. The molecule has 0 saturated heterocycles. The van der Waals surface area contributed by atoms with Crippen LogP contribution in [0.25, 0.3) is 0 Å². The zero-order chi connectivity index (χ0) is 40.8. The van der Waals surface area contributed by atoms with Gasteiger partial charge in [0.2, 0.25) is 0 Å². The van der Waals surface area contributed by atoms with Crippen LogP contribution in [0.1, 0.15) is 66.8 Å². The van der Waals surface area contributed by atoms with E-state index in [1.54, 1.807) is 0 Å². The highest BCUT2D eigenvalue weighted by Gasteiger charge is 2.10. The standard InChI is InChI=1S/C54H38N4/c1-55(2)51-29-25-39-17-21-47-33-49(23-19-40-26-30-52(56(3)4)36-44(40)14-10-9-13-43(39)35-51)50-24-20-42-28-32-54(58(7)8)38-46(42)16-12-11-15-45-37-53(57(5)6)31-27-41(45)18-22-48(47)34-50/h25-38H,1-8H3. The maximum atomic E-state index is 3.45. The molecule has 4 bridgehead atoms. The van der Waals surface area contributed by atoms with Crippen molar-refractivity contribution in [3.05, 3.63) is 152 Å². The van der Waals surface area contributed by atoms with Crippen LogP contribution in [-0.4, -0.2) is 56.4 Å². The van der Waals surface area contributed by atoms with Gasteiger partial charge < -0.3 is 19.6 Å². The zero-order valence-corrected chi connectivity index (χ0v) is 33.9. The Labute approximate surface area is 343 Å². The molecule has 0 unspecified atom stereocenters. The summed E-state index contributed by atoms with van der Waals surface area (Å²) in [6.45, 7) is 0. The van der Waals surface area contributed by atoms with E-state index in [-0.39, 0.29) is 0 Å². The SMILES string of the molecule is CN(C)c1ccc2c(c1)C#CC#Cc1cc(N(C)C)ccc1C#Cc1cc(c3cc1C#Cc1ccc(N(C)C)cc1C#CC#Cc1cc(N(C)C)ccc1C#C3)C#C2. The third kappa shape index (κ3) is 8.68. The maximum absolute atomic E-state index is 3.45. The third-order valence-corrected chi connectivity index (χ3v) is 9.48. The second-order valence-electron chi connectivity index (χ2n) is 14.4.